The molecule has 3 heterocycles. The molecule has 6 nitrogen and oxygen atoms in total. The molecule has 1 amide bonds. The van der Waals surface area contributed by atoms with E-state index in [0.29, 0.717) is 18.0 Å². The number of amides is 1. The summed E-state index contributed by atoms with van der Waals surface area (Å²) in [5, 5.41) is 2.75. The average Bonchev–Trinajstić information content (AvgIpc) is 3.03. The minimum Gasteiger partial charge on any atom is -0.473 e. The van der Waals surface area contributed by atoms with Gasteiger partial charge in [-0.3, -0.25) is 14.7 Å². The zero-order chi connectivity index (χ0) is 16.8. The molecule has 0 saturated carbocycles. The second-order valence-electron chi connectivity index (χ2n) is 5.83. The SMILES string of the molecule is CCNC(=O)c1ccc(OC2CCN(Cc3ccccn3)C2)nc1. The third-order valence-electron chi connectivity index (χ3n) is 3.96. The summed E-state index contributed by atoms with van der Waals surface area (Å²) in [6.07, 6.45) is 4.46. The number of hydrogen-bond acceptors (Lipinski definition) is 5. The van der Waals surface area contributed by atoms with Gasteiger partial charge >= 0.3 is 0 Å². The van der Waals surface area contributed by atoms with Crippen molar-refractivity contribution < 1.29 is 9.53 Å². The third kappa shape index (κ3) is 4.29. The van der Waals surface area contributed by atoms with Crippen LogP contribution in [0.2, 0.25) is 0 Å². The summed E-state index contributed by atoms with van der Waals surface area (Å²) in [5.74, 6) is 0.451. The highest BCUT2D eigenvalue weighted by Gasteiger charge is 2.24. The second-order valence-corrected chi connectivity index (χ2v) is 5.83. The Bertz CT molecular complexity index is 660. The summed E-state index contributed by atoms with van der Waals surface area (Å²) in [6.45, 7) is 5.17. The lowest BCUT2D eigenvalue weighted by Gasteiger charge is -2.16. The Hall–Kier alpha value is -2.47. The van der Waals surface area contributed by atoms with E-state index in [2.05, 4.69) is 20.2 Å². The first-order valence-electron chi connectivity index (χ1n) is 8.27. The van der Waals surface area contributed by atoms with Gasteiger partial charge in [-0.2, -0.15) is 0 Å². The number of pyridine rings is 2. The van der Waals surface area contributed by atoms with E-state index >= 15 is 0 Å². The van der Waals surface area contributed by atoms with Crippen LogP contribution in [0.3, 0.4) is 0 Å². The van der Waals surface area contributed by atoms with Crippen LogP contribution in [0.25, 0.3) is 0 Å². The van der Waals surface area contributed by atoms with Gasteiger partial charge in [0.2, 0.25) is 5.88 Å². The van der Waals surface area contributed by atoms with Gasteiger partial charge < -0.3 is 10.1 Å². The number of aromatic nitrogens is 2. The van der Waals surface area contributed by atoms with Crippen molar-refractivity contribution in [1.29, 1.82) is 0 Å². The first kappa shape index (κ1) is 16.4. The van der Waals surface area contributed by atoms with E-state index in [9.17, 15) is 4.79 Å². The van der Waals surface area contributed by atoms with Gasteiger partial charge in [0.15, 0.2) is 0 Å². The molecule has 2 aromatic heterocycles. The number of rotatable bonds is 6. The van der Waals surface area contributed by atoms with Crippen molar-refractivity contribution in [3.63, 3.8) is 0 Å². The van der Waals surface area contributed by atoms with Crippen molar-refractivity contribution in [2.75, 3.05) is 19.6 Å². The number of ether oxygens (including phenoxy) is 1. The van der Waals surface area contributed by atoms with Crippen LogP contribution in [-0.4, -0.2) is 46.5 Å². The van der Waals surface area contributed by atoms with E-state index < -0.39 is 0 Å². The Morgan fingerprint density at radius 1 is 1.33 bits per heavy atom. The molecule has 1 fully saturated rings. The molecule has 1 saturated heterocycles. The zero-order valence-electron chi connectivity index (χ0n) is 13.8. The molecule has 1 unspecified atom stereocenters. The van der Waals surface area contributed by atoms with Gasteiger partial charge in [0.25, 0.3) is 5.91 Å². The molecule has 1 N–H and O–H groups in total. The van der Waals surface area contributed by atoms with Gasteiger partial charge in [-0.15, -0.1) is 0 Å². The van der Waals surface area contributed by atoms with E-state index in [1.165, 1.54) is 0 Å². The largest absolute Gasteiger partial charge is 0.473 e. The molecule has 1 atom stereocenters. The molecule has 1 aliphatic heterocycles. The van der Waals surface area contributed by atoms with Crippen LogP contribution in [0.15, 0.2) is 42.7 Å². The summed E-state index contributed by atoms with van der Waals surface area (Å²) in [7, 11) is 0. The maximum Gasteiger partial charge on any atom is 0.252 e. The minimum absolute atomic E-state index is 0.112. The number of nitrogens with zero attached hydrogens (tertiary/aromatic N) is 3. The Kier molecular flexibility index (Phi) is 5.38. The number of nitrogens with one attached hydrogen (secondary N) is 1. The van der Waals surface area contributed by atoms with Crippen LogP contribution in [0.1, 0.15) is 29.4 Å². The van der Waals surface area contributed by atoms with Gasteiger partial charge in [-0.1, -0.05) is 6.07 Å². The van der Waals surface area contributed by atoms with Crippen LogP contribution in [0.5, 0.6) is 5.88 Å². The lowest BCUT2D eigenvalue weighted by atomic mass is 10.2. The van der Waals surface area contributed by atoms with E-state index in [-0.39, 0.29) is 12.0 Å². The summed E-state index contributed by atoms with van der Waals surface area (Å²) in [5.41, 5.74) is 1.62. The summed E-state index contributed by atoms with van der Waals surface area (Å²) in [4.78, 5) is 22.6. The third-order valence-corrected chi connectivity index (χ3v) is 3.96. The molecule has 0 aromatic carbocycles. The molecule has 0 radical (unpaired) electrons. The highest BCUT2D eigenvalue weighted by molar-refractivity contribution is 5.93. The molecular weight excluding hydrogens is 304 g/mol. The zero-order valence-corrected chi connectivity index (χ0v) is 13.8. The van der Waals surface area contributed by atoms with Gasteiger partial charge in [0.1, 0.15) is 6.10 Å². The van der Waals surface area contributed by atoms with Gasteiger partial charge in [-0.05, 0) is 31.5 Å². The van der Waals surface area contributed by atoms with Crippen molar-refractivity contribution in [3.05, 3.63) is 54.0 Å². The standard InChI is InChI=1S/C18H22N4O2/c1-2-19-18(23)14-6-7-17(21-11-14)24-16-8-10-22(13-16)12-15-5-3-4-9-20-15/h3-7,9,11,16H,2,8,10,12-13H2,1H3,(H,19,23). The maximum atomic E-state index is 11.7. The Morgan fingerprint density at radius 2 is 2.25 bits per heavy atom. The molecule has 0 bridgehead atoms. The van der Waals surface area contributed by atoms with Gasteiger partial charge in [0.05, 0.1) is 11.3 Å². The molecule has 6 heteroatoms. The van der Waals surface area contributed by atoms with Crippen LogP contribution >= 0.6 is 0 Å². The van der Waals surface area contributed by atoms with Crippen LogP contribution in [-0.2, 0) is 6.54 Å². The lowest BCUT2D eigenvalue weighted by molar-refractivity contribution is 0.0955. The van der Waals surface area contributed by atoms with Crippen molar-refractivity contribution in [2.24, 2.45) is 0 Å². The number of hydrogen-bond donors (Lipinski definition) is 1. The first-order chi connectivity index (χ1) is 11.7. The topological polar surface area (TPSA) is 67.3 Å². The fourth-order valence-electron chi connectivity index (χ4n) is 2.78. The summed E-state index contributed by atoms with van der Waals surface area (Å²) in [6, 6.07) is 9.47. The van der Waals surface area contributed by atoms with E-state index in [0.717, 1.165) is 31.7 Å². The van der Waals surface area contributed by atoms with Crippen molar-refractivity contribution in [1.82, 2.24) is 20.2 Å². The normalized spacial score (nSPS) is 17.6. The number of carbonyl (C=O) groups excluding carboxylic acids is 1. The predicted octanol–water partition coefficient (Wildman–Crippen LogP) is 1.88. The lowest BCUT2D eigenvalue weighted by Crippen LogP contribution is -2.25. The monoisotopic (exact) mass is 326 g/mol. The molecule has 3 rings (SSSR count). The Labute approximate surface area is 141 Å². The molecule has 2 aromatic rings. The first-order valence-corrected chi connectivity index (χ1v) is 8.27. The average molecular weight is 326 g/mol. The Balaban J connectivity index is 1.51. The van der Waals surface area contributed by atoms with Crippen LogP contribution in [0, 0.1) is 0 Å². The fourth-order valence-corrected chi connectivity index (χ4v) is 2.78. The molecule has 1 aliphatic rings. The van der Waals surface area contributed by atoms with Gasteiger partial charge in [0, 0.05) is 44.6 Å². The summed E-state index contributed by atoms with van der Waals surface area (Å²) < 4.78 is 5.93. The molecule has 0 spiro atoms. The Morgan fingerprint density at radius 3 is 2.96 bits per heavy atom. The van der Waals surface area contributed by atoms with Crippen molar-refractivity contribution in [3.8, 4) is 5.88 Å². The predicted molar refractivity (Wildman–Crippen MR) is 90.8 cm³/mol. The number of carbonyl (C=O) groups is 1. The van der Waals surface area contributed by atoms with Crippen molar-refractivity contribution in [2.45, 2.75) is 26.0 Å². The van der Waals surface area contributed by atoms with Crippen LogP contribution in [0.4, 0.5) is 0 Å². The second kappa shape index (κ2) is 7.88. The van der Waals surface area contributed by atoms with Gasteiger partial charge in [-0.25, -0.2) is 4.98 Å². The maximum absolute atomic E-state index is 11.7. The minimum atomic E-state index is -0.112. The molecule has 0 aliphatic carbocycles. The molecule has 126 valence electrons. The molecule has 24 heavy (non-hydrogen) atoms. The number of likely N-dealkylation sites (tertiary alicyclic amines) is 1. The molecular formula is C18H22N4O2. The van der Waals surface area contributed by atoms with E-state index in [4.69, 9.17) is 4.74 Å². The summed E-state index contributed by atoms with van der Waals surface area (Å²) >= 11 is 0. The van der Waals surface area contributed by atoms with E-state index in [1.807, 2.05) is 31.3 Å². The fraction of sp³-hybridized carbons (Fsp3) is 0.389. The highest BCUT2D eigenvalue weighted by atomic mass is 16.5. The highest BCUT2D eigenvalue weighted by Crippen LogP contribution is 2.18. The van der Waals surface area contributed by atoms with Crippen LogP contribution < -0.4 is 10.1 Å². The smallest absolute Gasteiger partial charge is 0.252 e. The quantitative estimate of drug-likeness (QED) is 0.878. The van der Waals surface area contributed by atoms with Crippen molar-refractivity contribution >= 4 is 5.91 Å². The van der Waals surface area contributed by atoms with E-state index in [1.54, 1.807) is 18.3 Å².